The van der Waals surface area contributed by atoms with E-state index in [9.17, 15) is 4.39 Å². The van der Waals surface area contributed by atoms with Gasteiger partial charge < -0.3 is 4.42 Å². The van der Waals surface area contributed by atoms with Gasteiger partial charge in [-0.1, -0.05) is 37.1 Å². The Kier molecular flexibility index (Phi) is 6.23. The molecule has 0 unspecified atom stereocenters. The van der Waals surface area contributed by atoms with Crippen molar-refractivity contribution in [1.82, 2.24) is 19.6 Å². The second kappa shape index (κ2) is 9.80. The van der Waals surface area contributed by atoms with E-state index >= 15 is 0 Å². The van der Waals surface area contributed by atoms with Gasteiger partial charge in [-0.25, -0.2) is 9.07 Å². The minimum absolute atomic E-state index is 0.229. The van der Waals surface area contributed by atoms with Crippen LogP contribution in [0.3, 0.4) is 0 Å². The van der Waals surface area contributed by atoms with Gasteiger partial charge in [-0.3, -0.25) is 9.80 Å². The van der Waals surface area contributed by atoms with Crippen molar-refractivity contribution in [2.45, 2.75) is 38.3 Å². The number of halogens is 1. The highest BCUT2D eigenvalue weighted by atomic mass is 19.1. The fourth-order valence-corrected chi connectivity index (χ4v) is 5.63. The van der Waals surface area contributed by atoms with Crippen LogP contribution in [-0.2, 0) is 6.54 Å². The number of hydrogen-bond donors (Lipinski definition) is 0. The molecule has 1 aliphatic carbocycles. The number of hydrogen-bond acceptors (Lipinski definition) is 4. The van der Waals surface area contributed by atoms with Gasteiger partial charge in [0.25, 0.3) is 0 Å². The first-order valence-corrected chi connectivity index (χ1v) is 12.7. The maximum atomic E-state index is 13.7. The van der Waals surface area contributed by atoms with Crippen molar-refractivity contribution in [3.63, 3.8) is 0 Å². The molecule has 4 aromatic rings. The van der Waals surface area contributed by atoms with Crippen LogP contribution in [0.1, 0.15) is 31.2 Å². The van der Waals surface area contributed by atoms with Crippen LogP contribution in [0.4, 0.5) is 4.39 Å². The zero-order valence-electron chi connectivity index (χ0n) is 19.9. The molecule has 5 nitrogen and oxygen atoms in total. The maximum absolute atomic E-state index is 13.7. The summed E-state index contributed by atoms with van der Waals surface area (Å²) < 4.78 is 21.5. The zero-order valence-corrected chi connectivity index (χ0v) is 19.9. The number of benzene rings is 2. The quantitative estimate of drug-likeness (QED) is 0.346. The van der Waals surface area contributed by atoms with E-state index in [1.54, 1.807) is 18.4 Å². The van der Waals surface area contributed by atoms with Crippen LogP contribution in [0.15, 0.2) is 77.5 Å². The standard InChI is InChI=1S/C29H31FN4O/c30-25-6-3-5-23(19-25)22-10-12-27(13-11-22)34-29(28-9-4-18-35-28)24(20-31-34)21-32-14-16-33(17-15-32)26-7-1-2-8-26/h3-6,9-13,18-20,26H,1-2,7-8,14-17,21H2. The Morgan fingerprint density at radius 2 is 1.69 bits per heavy atom. The normalized spacial score (nSPS) is 17.9. The van der Waals surface area contributed by atoms with Crippen molar-refractivity contribution < 1.29 is 8.81 Å². The summed E-state index contributed by atoms with van der Waals surface area (Å²) in [6, 6.07) is 19.5. The predicted octanol–water partition coefficient (Wildman–Crippen LogP) is 6.00. The maximum Gasteiger partial charge on any atom is 0.152 e. The molecule has 2 aromatic heterocycles. The summed E-state index contributed by atoms with van der Waals surface area (Å²) in [4.78, 5) is 5.23. The largest absolute Gasteiger partial charge is 0.463 e. The number of furan rings is 1. The van der Waals surface area contributed by atoms with Gasteiger partial charge in [0.05, 0.1) is 18.1 Å². The fraction of sp³-hybridized carbons (Fsp3) is 0.345. The van der Waals surface area contributed by atoms with E-state index in [1.165, 1.54) is 37.3 Å². The van der Waals surface area contributed by atoms with Crippen LogP contribution in [-0.4, -0.2) is 51.8 Å². The Hall–Kier alpha value is -3.22. The molecule has 6 heteroatoms. The molecule has 0 N–H and O–H groups in total. The summed E-state index contributed by atoms with van der Waals surface area (Å²) in [6.45, 7) is 5.33. The van der Waals surface area contributed by atoms with Crippen molar-refractivity contribution in [3.05, 3.63) is 84.5 Å². The first-order valence-electron chi connectivity index (χ1n) is 12.7. The Bertz CT molecular complexity index is 1250. The lowest BCUT2D eigenvalue weighted by molar-refractivity contribution is 0.0938. The Morgan fingerprint density at radius 3 is 2.40 bits per heavy atom. The van der Waals surface area contributed by atoms with Gasteiger partial charge in [0, 0.05) is 44.3 Å². The molecule has 2 aromatic carbocycles. The summed E-state index contributed by atoms with van der Waals surface area (Å²) in [5.74, 6) is 0.587. The van der Waals surface area contributed by atoms with Crippen LogP contribution in [0.25, 0.3) is 28.3 Å². The highest BCUT2D eigenvalue weighted by Gasteiger charge is 2.27. The van der Waals surface area contributed by atoms with Gasteiger partial charge in [0.15, 0.2) is 5.76 Å². The topological polar surface area (TPSA) is 37.4 Å². The molecule has 6 rings (SSSR count). The Labute approximate surface area is 205 Å². The molecule has 2 aliphatic rings. The van der Waals surface area contributed by atoms with E-state index in [-0.39, 0.29) is 5.82 Å². The average molecular weight is 471 g/mol. The monoisotopic (exact) mass is 470 g/mol. The highest BCUT2D eigenvalue weighted by molar-refractivity contribution is 5.66. The van der Waals surface area contributed by atoms with Crippen molar-refractivity contribution in [3.8, 4) is 28.3 Å². The second-order valence-electron chi connectivity index (χ2n) is 9.72. The Morgan fingerprint density at radius 1 is 0.886 bits per heavy atom. The summed E-state index contributed by atoms with van der Waals surface area (Å²) in [6.07, 6.45) is 9.20. The number of nitrogens with zero attached hydrogens (tertiary/aromatic N) is 4. The lowest BCUT2D eigenvalue weighted by atomic mass is 10.1. The van der Waals surface area contributed by atoms with Crippen molar-refractivity contribution in [2.75, 3.05) is 26.2 Å². The molecule has 1 aliphatic heterocycles. The van der Waals surface area contributed by atoms with Crippen molar-refractivity contribution >= 4 is 0 Å². The first-order chi connectivity index (χ1) is 17.2. The summed E-state index contributed by atoms with van der Waals surface area (Å²) >= 11 is 0. The first kappa shape index (κ1) is 22.3. The van der Waals surface area contributed by atoms with Crippen LogP contribution in [0.5, 0.6) is 0 Å². The van der Waals surface area contributed by atoms with Gasteiger partial charge in [-0.2, -0.15) is 5.10 Å². The van der Waals surface area contributed by atoms with Crippen molar-refractivity contribution in [1.29, 1.82) is 0 Å². The molecule has 0 bridgehead atoms. The smallest absolute Gasteiger partial charge is 0.152 e. The van der Waals surface area contributed by atoms with Crippen molar-refractivity contribution in [2.24, 2.45) is 0 Å². The van der Waals surface area contributed by atoms with Gasteiger partial charge >= 0.3 is 0 Å². The fourth-order valence-electron chi connectivity index (χ4n) is 5.63. The molecule has 0 atom stereocenters. The van der Waals surface area contributed by atoms with Gasteiger partial charge in [0.1, 0.15) is 11.5 Å². The van der Waals surface area contributed by atoms with E-state index in [1.807, 2.05) is 53.3 Å². The van der Waals surface area contributed by atoms with E-state index in [0.717, 1.165) is 67.0 Å². The second-order valence-corrected chi connectivity index (χ2v) is 9.72. The predicted molar refractivity (Wildman–Crippen MR) is 136 cm³/mol. The molecule has 0 radical (unpaired) electrons. The lowest BCUT2D eigenvalue weighted by Crippen LogP contribution is -2.49. The molecular formula is C29H31FN4O. The number of piperazine rings is 1. The third-order valence-electron chi connectivity index (χ3n) is 7.51. The average Bonchev–Trinajstić information content (AvgIpc) is 3.67. The van der Waals surface area contributed by atoms with E-state index in [2.05, 4.69) is 9.80 Å². The molecule has 35 heavy (non-hydrogen) atoms. The van der Waals surface area contributed by atoms with Gasteiger partial charge in [-0.15, -0.1) is 0 Å². The number of rotatable bonds is 6. The molecule has 0 spiro atoms. The number of aromatic nitrogens is 2. The molecule has 3 heterocycles. The zero-order chi connectivity index (χ0) is 23.6. The van der Waals surface area contributed by atoms with E-state index in [0.29, 0.717) is 0 Å². The summed E-state index contributed by atoms with van der Waals surface area (Å²) in [7, 11) is 0. The molecule has 2 fully saturated rings. The summed E-state index contributed by atoms with van der Waals surface area (Å²) in [5.41, 5.74) is 4.95. The van der Waals surface area contributed by atoms with Crippen LogP contribution < -0.4 is 0 Å². The molecule has 1 saturated heterocycles. The lowest BCUT2D eigenvalue weighted by Gasteiger charge is -2.38. The van der Waals surface area contributed by atoms with Gasteiger partial charge in [-0.05, 0) is 60.4 Å². The van der Waals surface area contributed by atoms with E-state index < -0.39 is 0 Å². The summed E-state index contributed by atoms with van der Waals surface area (Å²) in [5, 5.41) is 4.76. The SMILES string of the molecule is Fc1cccc(-c2ccc(-n3ncc(CN4CCN(C5CCCC5)CC4)c3-c3ccco3)cc2)c1. The third kappa shape index (κ3) is 4.68. The van der Waals surface area contributed by atoms with Gasteiger partial charge in [0.2, 0.25) is 0 Å². The van der Waals surface area contributed by atoms with Crippen LogP contribution in [0.2, 0.25) is 0 Å². The van der Waals surface area contributed by atoms with Crippen LogP contribution >= 0.6 is 0 Å². The molecular weight excluding hydrogens is 439 g/mol. The van der Waals surface area contributed by atoms with Crippen LogP contribution in [0, 0.1) is 5.82 Å². The molecule has 0 amide bonds. The van der Waals surface area contributed by atoms with E-state index in [4.69, 9.17) is 9.52 Å². The minimum atomic E-state index is -0.229. The third-order valence-corrected chi connectivity index (χ3v) is 7.51. The molecule has 180 valence electrons. The minimum Gasteiger partial charge on any atom is -0.463 e. The Balaban J connectivity index is 1.23. The molecule has 1 saturated carbocycles. The highest BCUT2D eigenvalue weighted by Crippen LogP contribution is 2.30.